The number of aromatic hydroxyl groups is 1. The summed E-state index contributed by atoms with van der Waals surface area (Å²) in [5, 5.41) is 21.6. The van der Waals surface area contributed by atoms with Crippen molar-refractivity contribution in [1.29, 1.82) is 0 Å². The molecular weight excluding hydrogens is 362 g/mol. The van der Waals surface area contributed by atoms with Crippen LogP contribution in [0.15, 0.2) is 52.4 Å². The minimum absolute atomic E-state index is 0.0521. The van der Waals surface area contributed by atoms with Crippen molar-refractivity contribution in [2.24, 2.45) is 5.10 Å². The van der Waals surface area contributed by atoms with Crippen molar-refractivity contribution >= 4 is 12.2 Å². The van der Waals surface area contributed by atoms with Gasteiger partial charge in [0.2, 0.25) is 5.95 Å². The molecule has 3 aromatic rings. The van der Waals surface area contributed by atoms with Crippen molar-refractivity contribution in [2.45, 2.75) is 6.92 Å². The molecule has 9 nitrogen and oxygen atoms in total. The first-order chi connectivity index (χ1) is 13.6. The lowest BCUT2D eigenvalue weighted by atomic mass is 10.1. The van der Waals surface area contributed by atoms with Gasteiger partial charge in [-0.1, -0.05) is 0 Å². The maximum absolute atomic E-state index is 12.3. The molecule has 0 unspecified atom stereocenters. The molecule has 28 heavy (non-hydrogen) atoms. The molecule has 0 bridgehead atoms. The Morgan fingerprint density at radius 1 is 1.21 bits per heavy atom. The number of anilines is 1. The molecule has 0 atom stereocenters. The van der Waals surface area contributed by atoms with E-state index in [-0.39, 0.29) is 17.4 Å². The smallest absolute Gasteiger partial charge is 0.279 e. The lowest BCUT2D eigenvalue weighted by Gasteiger charge is -2.06. The molecule has 0 saturated heterocycles. The minimum atomic E-state index is -0.402. The topological polar surface area (TPSA) is 122 Å². The van der Waals surface area contributed by atoms with Gasteiger partial charge in [-0.05, 0) is 55.0 Å². The fraction of sp³-hybridized carbons (Fsp3) is 0.158. The molecule has 9 heteroatoms. The average Bonchev–Trinajstić information content (AvgIpc) is 2.71. The number of phenolic OH excluding ortho intramolecular Hbond substituents is 1. The standard InChI is InChI=1S/C19H19N5O4/c1-3-28-16-10-12(4-9-15(16)25)11-20-23-19-21-18(26)17(22-24-19)13-5-7-14(27-2)8-6-13/h4-11,25H,3H2,1-2H3,(H2,21,23,24,26)/b20-11+. The molecule has 0 amide bonds. The Bertz CT molecular complexity index is 1030. The lowest BCUT2D eigenvalue weighted by molar-refractivity contribution is 0.318. The van der Waals surface area contributed by atoms with Gasteiger partial charge in [0.1, 0.15) is 5.75 Å². The predicted molar refractivity (Wildman–Crippen MR) is 105 cm³/mol. The number of ether oxygens (including phenoxy) is 2. The van der Waals surface area contributed by atoms with E-state index in [9.17, 15) is 9.90 Å². The molecule has 1 heterocycles. The first kappa shape index (κ1) is 18.9. The van der Waals surface area contributed by atoms with Crippen LogP contribution in [0, 0.1) is 0 Å². The number of hydrazone groups is 1. The van der Waals surface area contributed by atoms with Crippen LogP contribution >= 0.6 is 0 Å². The molecule has 0 fully saturated rings. The van der Waals surface area contributed by atoms with Crippen LogP contribution in [0.4, 0.5) is 5.95 Å². The Morgan fingerprint density at radius 3 is 2.68 bits per heavy atom. The number of hydrogen-bond acceptors (Lipinski definition) is 8. The van der Waals surface area contributed by atoms with Crippen LogP contribution in [-0.2, 0) is 0 Å². The van der Waals surface area contributed by atoms with Gasteiger partial charge >= 0.3 is 0 Å². The summed E-state index contributed by atoms with van der Waals surface area (Å²) in [6.45, 7) is 2.26. The molecule has 0 radical (unpaired) electrons. The van der Waals surface area contributed by atoms with E-state index in [4.69, 9.17) is 9.47 Å². The molecule has 0 aliphatic heterocycles. The summed E-state index contributed by atoms with van der Waals surface area (Å²) in [6.07, 6.45) is 1.50. The van der Waals surface area contributed by atoms with Gasteiger partial charge in [-0.15, -0.1) is 10.2 Å². The number of nitrogens with zero attached hydrogens (tertiary/aromatic N) is 3. The highest BCUT2D eigenvalue weighted by Gasteiger charge is 2.07. The Hall–Kier alpha value is -3.88. The molecule has 1 aromatic heterocycles. The average molecular weight is 381 g/mol. The quantitative estimate of drug-likeness (QED) is 0.424. The SMILES string of the molecule is CCOc1cc(/C=N/Nc2nnc(-c3ccc(OC)cc3)c(=O)[nH]2)ccc1O. The van der Waals surface area contributed by atoms with E-state index in [1.807, 2.05) is 6.92 Å². The van der Waals surface area contributed by atoms with E-state index in [1.54, 1.807) is 43.5 Å². The van der Waals surface area contributed by atoms with E-state index in [1.165, 1.54) is 12.3 Å². The Kier molecular flexibility index (Phi) is 5.85. The van der Waals surface area contributed by atoms with Crippen molar-refractivity contribution in [3.8, 4) is 28.5 Å². The number of aromatic nitrogens is 3. The van der Waals surface area contributed by atoms with Crippen molar-refractivity contribution in [2.75, 3.05) is 19.1 Å². The van der Waals surface area contributed by atoms with Gasteiger partial charge in [-0.2, -0.15) is 5.10 Å². The van der Waals surface area contributed by atoms with Gasteiger partial charge in [-0.3, -0.25) is 9.78 Å². The molecule has 2 aromatic carbocycles. The number of phenols is 1. The third-order valence-electron chi connectivity index (χ3n) is 3.73. The van der Waals surface area contributed by atoms with Crippen LogP contribution in [0.25, 0.3) is 11.3 Å². The molecule has 0 spiro atoms. The summed E-state index contributed by atoms with van der Waals surface area (Å²) >= 11 is 0. The second kappa shape index (κ2) is 8.67. The van der Waals surface area contributed by atoms with Gasteiger partial charge in [0.05, 0.1) is 19.9 Å². The van der Waals surface area contributed by atoms with E-state index < -0.39 is 5.56 Å². The third kappa shape index (κ3) is 4.44. The highest BCUT2D eigenvalue weighted by atomic mass is 16.5. The van der Waals surface area contributed by atoms with Crippen LogP contribution < -0.4 is 20.5 Å². The summed E-state index contributed by atoms with van der Waals surface area (Å²) in [5.74, 6) is 1.20. The molecule has 3 N–H and O–H groups in total. The van der Waals surface area contributed by atoms with Crippen molar-refractivity contribution < 1.29 is 14.6 Å². The third-order valence-corrected chi connectivity index (χ3v) is 3.73. The highest BCUT2D eigenvalue weighted by molar-refractivity contribution is 5.81. The normalized spacial score (nSPS) is 10.8. The number of hydrogen-bond donors (Lipinski definition) is 3. The second-order valence-electron chi connectivity index (χ2n) is 5.61. The fourth-order valence-corrected chi connectivity index (χ4v) is 2.38. The Morgan fingerprint density at radius 2 is 2.00 bits per heavy atom. The second-order valence-corrected chi connectivity index (χ2v) is 5.61. The van der Waals surface area contributed by atoms with Crippen molar-refractivity contribution in [3.63, 3.8) is 0 Å². The molecule has 0 aliphatic carbocycles. The zero-order valence-corrected chi connectivity index (χ0v) is 15.3. The van der Waals surface area contributed by atoms with Crippen LogP contribution in [0.3, 0.4) is 0 Å². The van der Waals surface area contributed by atoms with E-state index in [0.29, 0.717) is 29.2 Å². The van der Waals surface area contributed by atoms with E-state index >= 15 is 0 Å². The molecule has 144 valence electrons. The summed E-state index contributed by atoms with van der Waals surface area (Å²) < 4.78 is 10.4. The fourth-order valence-electron chi connectivity index (χ4n) is 2.38. The van der Waals surface area contributed by atoms with Crippen LogP contribution in [0.2, 0.25) is 0 Å². The van der Waals surface area contributed by atoms with E-state index in [0.717, 1.165) is 0 Å². The predicted octanol–water partition coefficient (Wildman–Crippen LogP) is 2.39. The number of H-pyrrole nitrogens is 1. The lowest BCUT2D eigenvalue weighted by Crippen LogP contribution is -2.15. The number of nitrogens with one attached hydrogen (secondary N) is 2. The first-order valence-electron chi connectivity index (χ1n) is 8.47. The van der Waals surface area contributed by atoms with Crippen LogP contribution in [0.1, 0.15) is 12.5 Å². The Balaban J connectivity index is 1.71. The minimum Gasteiger partial charge on any atom is -0.504 e. The number of methoxy groups -OCH3 is 1. The van der Waals surface area contributed by atoms with E-state index in [2.05, 4.69) is 25.7 Å². The van der Waals surface area contributed by atoms with Gasteiger partial charge in [0.15, 0.2) is 17.2 Å². The number of rotatable bonds is 7. The van der Waals surface area contributed by atoms with Gasteiger partial charge in [0, 0.05) is 5.56 Å². The summed E-state index contributed by atoms with van der Waals surface area (Å²) in [4.78, 5) is 14.8. The summed E-state index contributed by atoms with van der Waals surface area (Å²) in [7, 11) is 1.57. The summed E-state index contributed by atoms with van der Waals surface area (Å²) in [6, 6.07) is 11.8. The Labute approximate surface area is 160 Å². The summed E-state index contributed by atoms with van der Waals surface area (Å²) in [5.41, 5.74) is 3.72. The molecule has 0 saturated carbocycles. The van der Waals surface area contributed by atoms with Gasteiger partial charge < -0.3 is 14.6 Å². The number of benzene rings is 2. The zero-order valence-electron chi connectivity index (χ0n) is 15.3. The molecule has 3 rings (SSSR count). The largest absolute Gasteiger partial charge is 0.504 e. The van der Waals surface area contributed by atoms with Crippen molar-refractivity contribution in [1.82, 2.24) is 15.2 Å². The van der Waals surface area contributed by atoms with Crippen molar-refractivity contribution in [3.05, 3.63) is 58.4 Å². The first-order valence-corrected chi connectivity index (χ1v) is 8.47. The van der Waals surface area contributed by atoms with Gasteiger partial charge in [0.25, 0.3) is 5.56 Å². The zero-order chi connectivity index (χ0) is 19.9. The van der Waals surface area contributed by atoms with Crippen LogP contribution in [-0.4, -0.2) is 40.2 Å². The number of aromatic amines is 1. The monoisotopic (exact) mass is 381 g/mol. The maximum atomic E-state index is 12.3. The maximum Gasteiger partial charge on any atom is 0.279 e. The van der Waals surface area contributed by atoms with Crippen LogP contribution in [0.5, 0.6) is 17.2 Å². The van der Waals surface area contributed by atoms with Gasteiger partial charge in [-0.25, -0.2) is 5.43 Å². The highest BCUT2D eigenvalue weighted by Crippen LogP contribution is 2.26. The molecule has 0 aliphatic rings. The molecular formula is C19H19N5O4.